The number of carbonyl (C=O) groups is 3. The van der Waals surface area contributed by atoms with Gasteiger partial charge in [0, 0.05) is 32.8 Å². The number of nitrogens with one attached hydrogen (secondary N) is 1. The van der Waals surface area contributed by atoms with Crippen LogP contribution in [0.1, 0.15) is 58.9 Å². The molecule has 308 valence electrons. The highest BCUT2D eigenvalue weighted by Gasteiger charge is 2.63. The molecule has 8 atom stereocenters. The number of alkyl carbamates (subject to hydrolysis) is 1. The van der Waals surface area contributed by atoms with E-state index in [4.69, 9.17) is 35.3 Å². The Hall–Kier alpha value is -2.67. The molecule has 2 amide bonds. The van der Waals surface area contributed by atoms with Crippen LogP contribution in [0.25, 0.3) is 0 Å². The van der Waals surface area contributed by atoms with E-state index in [1.54, 1.807) is 44.4 Å². The molecule has 0 saturated carbocycles. The van der Waals surface area contributed by atoms with Gasteiger partial charge in [-0.1, -0.05) is 57.0 Å². The van der Waals surface area contributed by atoms with Crippen molar-refractivity contribution < 1.29 is 56.3 Å². The second-order valence-corrected chi connectivity index (χ2v) is 17.7. The fourth-order valence-corrected chi connectivity index (χ4v) is 9.00. The molecule has 55 heavy (non-hydrogen) atoms. The topological polar surface area (TPSA) is 136 Å². The van der Waals surface area contributed by atoms with Crippen LogP contribution in [-0.4, -0.2) is 122 Å². The molecule has 2 unspecified atom stereocenters. The molecule has 4 aliphatic rings. The normalized spacial score (nSPS) is 31.7. The zero-order chi connectivity index (χ0) is 41.1. The lowest BCUT2D eigenvalue weighted by Gasteiger charge is -2.59. The number of hydrogen-bond donors (Lipinski definition) is 2. The van der Waals surface area contributed by atoms with E-state index < -0.39 is 77.9 Å². The Balaban J connectivity index is 1.76. The fraction of sp³-hybridized carbons (Fsp3) is 0.649. The molecular formula is C37H51ClF3N3O9S2. The molecule has 12 nitrogen and oxygen atoms in total. The number of hydrogen-bond acceptors (Lipinski definition) is 12. The van der Waals surface area contributed by atoms with Gasteiger partial charge in [-0.25, -0.2) is 4.79 Å². The number of allylic oxidation sites excluding steroid dienone is 3. The maximum atomic E-state index is 14.2. The zero-order valence-corrected chi connectivity index (χ0v) is 34.8. The molecule has 4 aliphatic heterocycles. The van der Waals surface area contributed by atoms with Crippen LogP contribution in [0.2, 0.25) is 5.02 Å². The largest absolute Gasteiger partial charge is 0.495 e. The quantitative estimate of drug-likeness (QED) is 0.152. The Morgan fingerprint density at radius 2 is 1.91 bits per heavy atom. The van der Waals surface area contributed by atoms with Crippen LogP contribution in [-0.2, 0) is 35.0 Å². The minimum atomic E-state index is -4.63. The number of ether oxygens (including phenoxy) is 5. The summed E-state index contributed by atoms with van der Waals surface area (Å²) in [5.41, 5.74) is -2.61. The van der Waals surface area contributed by atoms with Gasteiger partial charge < -0.3 is 33.7 Å². The van der Waals surface area contributed by atoms with Crippen LogP contribution in [0, 0.1) is 0 Å². The summed E-state index contributed by atoms with van der Waals surface area (Å²) >= 11 is 6.73. The predicted octanol–water partition coefficient (Wildman–Crippen LogP) is 6.46. The van der Waals surface area contributed by atoms with Crippen LogP contribution in [0.4, 0.5) is 23.7 Å². The van der Waals surface area contributed by atoms with Gasteiger partial charge in [0.2, 0.25) is 5.91 Å². The number of alkyl halides is 3. The first-order valence-corrected chi connectivity index (χ1v) is 20.8. The number of anilines is 1. The van der Waals surface area contributed by atoms with Crippen molar-refractivity contribution >= 4 is 56.8 Å². The maximum Gasteiger partial charge on any atom is 0.409 e. The average Bonchev–Trinajstić information content (AvgIpc) is 3.09. The molecule has 6 bridgehead atoms. The van der Waals surface area contributed by atoms with Gasteiger partial charge in [0.05, 0.1) is 19.2 Å². The molecule has 0 aromatic heterocycles. The minimum absolute atomic E-state index is 0.0593. The van der Waals surface area contributed by atoms with Gasteiger partial charge in [-0.05, 0) is 71.5 Å². The number of rotatable bonds is 10. The van der Waals surface area contributed by atoms with Crippen molar-refractivity contribution in [3.63, 3.8) is 0 Å². The van der Waals surface area contributed by atoms with Crippen molar-refractivity contribution in [2.45, 2.75) is 113 Å². The van der Waals surface area contributed by atoms with E-state index in [9.17, 15) is 32.7 Å². The summed E-state index contributed by atoms with van der Waals surface area (Å²) in [4.78, 5) is 43.0. The summed E-state index contributed by atoms with van der Waals surface area (Å²) < 4.78 is 71.8. The Morgan fingerprint density at radius 3 is 2.51 bits per heavy atom. The SMILES string of the molecule is COc1cc2cc(c1Cl)N(C)C(=O)C[C@H](OC(=O)[C@H](C)N(C)C(CCSSC)C(F)(F)F)[C@@]1(C)CC(C)(O1)[C@@H]1C[C@@](O)(NC(=O)O1)[C@H](OC)/C=C/C=C(\C)C2. The average molecular weight is 838 g/mol. The minimum Gasteiger partial charge on any atom is -0.495 e. The molecular weight excluding hydrogens is 787 g/mol. The van der Waals surface area contributed by atoms with E-state index in [1.165, 1.54) is 61.7 Å². The molecule has 5 rings (SSSR count). The van der Waals surface area contributed by atoms with Gasteiger partial charge in [0.1, 0.15) is 52.4 Å². The smallest absolute Gasteiger partial charge is 0.409 e. The molecule has 4 heterocycles. The third-order valence-corrected chi connectivity index (χ3v) is 12.8. The van der Waals surface area contributed by atoms with Gasteiger partial charge in [-0.15, -0.1) is 0 Å². The molecule has 0 radical (unpaired) electrons. The van der Waals surface area contributed by atoms with Crippen LogP contribution < -0.4 is 15.0 Å². The van der Waals surface area contributed by atoms with E-state index in [-0.39, 0.29) is 30.0 Å². The first-order valence-electron chi connectivity index (χ1n) is 17.7. The number of nitrogens with zero attached hydrogens (tertiary/aromatic N) is 2. The third-order valence-electron chi connectivity index (χ3n) is 10.5. The maximum absolute atomic E-state index is 14.2. The fourth-order valence-electron chi connectivity index (χ4n) is 7.41. The van der Waals surface area contributed by atoms with Gasteiger partial charge in [-0.2, -0.15) is 13.2 Å². The number of likely N-dealkylation sites (N-methyl/N-ethyl adjacent to an activating group) is 1. The molecule has 1 aromatic rings. The number of methoxy groups -OCH3 is 2. The molecule has 2 N–H and O–H groups in total. The lowest BCUT2D eigenvalue weighted by molar-refractivity contribution is -0.328. The highest BCUT2D eigenvalue weighted by Crippen LogP contribution is 2.50. The van der Waals surface area contributed by atoms with Crippen LogP contribution in [0.3, 0.4) is 0 Å². The van der Waals surface area contributed by atoms with Crippen LogP contribution >= 0.6 is 33.2 Å². The summed E-state index contributed by atoms with van der Waals surface area (Å²) in [5.74, 6) is -1.02. The van der Waals surface area contributed by atoms with Crippen molar-refractivity contribution in [1.29, 1.82) is 0 Å². The van der Waals surface area contributed by atoms with E-state index >= 15 is 0 Å². The summed E-state index contributed by atoms with van der Waals surface area (Å²) in [6.45, 7) is 6.47. The van der Waals surface area contributed by atoms with E-state index in [2.05, 4.69) is 5.32 Å². The van der Waals surface area contributed by atoms with Crippen LogP contribution in [0.15, 0.2) is 35.9 Å². The molecule has 0 spiro atoms. The highest BCUT2D eigenvalue weighted by atomic mass is 35.5. The lowest BCUT2D eigenvalue weighted by atomic mass is 9.72. The Bertz CT molecular complexity index is 1640. The lowest BCUT2D eigenvalue weighted by Crippen LogP contribution is -2.72. The number of benzene rings is 1. The Morgan fingerprint density at radius 1 is 1.24 bits per heavy atom. The molecule has 0 aliphatic carbocycles. The number of halogens is 4. The van der Waals surface area contributed by atoms with Crippen LogP contribution in [0.5, 0.6) is 5.75 Å². The van der Waals surface area contributed by atoms with Crippen molar-refractivity contribution in [1.82, 2.24) is 10.2 Å². The van der Waals surface area contributed by atoms with E-state index in [0.717, 1.165) is 16.0 Å². The standard InChI is InChI=1S/C37H51ClF3N3O9S2/c1-21-11-10-12-27(50-8)36(48)19-29(52-33(47)42-36)35(4)20-34(3,53-35)28(18-30(45)44(6)24-16-23(15-21)17-25(49-7)31(24)38)51-32(46)22(2)43(5)26(37(39,40)41)13-14-55-54-9/h10-12,16-17,22,26-29,48H,13-15,18-20H2,1-9H3,(H,42,47)/b12-10+,21-11+/t22-,26?,27+,28-,29-,34+,35?,36-/m0/s1. The molecule has 18 heteroatoms. The predicted molar refractivity (Wildman–Crippen MR) is 206 cm³/mol. The molecule has 1 aromatic carbocycles. The van der Waals surface area contributed by atoms with Crippen molar-refractivity contribution in [3.05, 3.63) is 46.5 Å². The molecule has 2 fully saturated rings. The number of carbonyl (C=O) groups excluding carboxylic acids is 3. The van der Waals surface area contributed by atoms with E-state index in [1.807, 2.05) is 13.0 Å². The van der Waals surface area contributed by atoms with Gasteiger partial charge in [0.25, 0.3) is 0 Å². The Labute approximate surface area is 333 Å². The van der Waals surface area contributed by atoms with Gasteiger partial charge in [-0.3, -0.25) is 19.8 Å². The van der Waals surface area contributed by atoms with Gasteiger partial charge >= 0.3 is 18.2 Å². The second kappa shape index (κ2) is 17.9. The van der Waals surface area contributed by atoms with E-state index in [0.29, 0.717) is 17.9 Å². The second-order valence-electron chi connectivity index (χ2n) is 14.7. The number of fused-ring (bicyclic) bond motifs is 6. The van der Waals surface area contributed by atoms with Gasteiger partial charge in [0.15, 0.2) is 5.72 Å². The number of esters is 1. The molecule has 2 saturated heterocycles. The summed E-state index contributed by atoms with van der Waals surface area (Å²) in [5, 5.41) is 14.4. The monoisotopic (exact) mass is 837 g/mol. The summed E-state index contributed by atoms with van der Waals surface area (Å²) in [6, 6.07) is 0.180. The highest BCUT2D eigenvalue weighted by molar-refractivity contribution is 8.76. The summed E-state index contributed by atoms with van der Waals surface area (Å²) in [6.07, 6.45) is -2.41. The first kappa shape index (κ1) is 45.0. The first-order chi connectivity index (χ1) is 25.6. The summed E-state index contributed by atoms with van der Waals surface area (Å²) in [7, 11) is 8.18. The number of aliphatic hydroxyl groups is 1. The van der Waals surface area contributed by atoms with Crippen molar-refractivity contribution in [3.8, 4) is 5.75 Å². The number of amides is 2. The van der Waals surface area contributed by atoms with Crippen molar-refractivity contribution in [2.24, 2.45) is 0 Å². The Kier molecular flexibility index (Phi) is 14.6. The zero-order valence-electron chi connectivity index (χ0n) is 32.5. The third kappa shape index (κ3) is 10.3. The van der Waals surface area contributed by atoms with Crippen molar-refractivity contribution in [2.75, 3.05) is 45.2 Å².